The zero-order chi connectivity index (χ0) is 16.1. The molecule has 7 heteroatoms. The fourth-order valence-electron chi connectivity index (χ4n) is 1.70. The smallest absolute Gasteiger partial charge is 0.256 e. The number of nitrogens with one attached hydrogen (secondary N) is 2. The van der Waals surface area contributed by atoms with E-state index >= 15 is 0 Å². The van der Waals surface area contributed by atoms with Crippen LogP contribution in [0, 0.1) is 5.82 Å². The lowest BCUT2D eigenvalue weighted by molar-refractivity contribution is -0.115. The maximum Gasteiger partial charge on any atom is 0.256 e. The zero-order valence-electron chi connectivity index (χ0n) is 11.2. The van der Waals surface area contributed by atoms with Crippen LogP contribution in [0.4, 0.5) is 10.1 Å². The van der Waals surface area contributed by atoms with Gasteiger partial charge in [-0.05, 0) is 36.4 Å². The van der Waals surface area contributed by atoms with Crippen LogP contribution in [0.5, 0.6) is 0 Å². The summed E-state index contributed by atoms with van der Waals surface area (Å²) in [5, 5.41) is 4.92. The first-order chi connectivity index (χ1) is 10.5. The zero-order valence-corrected chi connectivity index (χ0v) is 13.5. The summed E-state index contributed by atoms with van der Waals surface area (Å²) in [6.07, 6.45) is 0. The largest absolute Gasteiger partial charge is 0.343 e. The first kappa shape index (κ1) is 16.5. The molecular weight excluding hydrogens is 375 g/mol. The van der Waals surface area contributed by atoms with Gasteiger partial charge in [0.05, 0.1) is 17.1 Å². The van der Waals surface area contributed by atoms with Gasteiger partial charge in [-0.2, -0.15) is 0 Å². The van der Waals surface area contributed by atoms with Gasteiger partial charge in [0.15, 0.2) is 0 Å². The third kappa shape index (κ3) is 4.29. The van der Waals surface area contributed by atoms with Crippen LogP contribution in [0.1, 0.15) is 10.4 Å². The average molecular weight is 386 g/mol. The molecule has 0 aliphatic heterocycles. The lowest BCUT2D eigenvalue weighted by atomic mass is 10.2. The average Bonchev–Trinajstić information content (AvgIpc) is 2.47. The molecule has 2 aromatic carbocycles. The fourth-order valence-corrected chi connectivity index (χ4v) is 2.22. The minimum absolute atomic E-state index is 0.00850. The van der Waals surface area contributed by atoms with Crippen molar-refractivity contribution in [1.29, 1.82) is 0 Å². The van der Waals surface area contributed by atoms with Crippen LogP contribution in [-0.2, 0) is 4.79 Å². The second kappa shape index (κ2) is 7.38. The molecule has 0 radical (unpaired) electrons. The van der Waals surface area contributed by atoms with E-state index in [1.165, 1.54) is 12.1 Å². The third-order valence-electron chi connectivity index (χ3n) is 2.73. The Hall–Kier alpha value is -1.92. The van der Waals surface area contributed by atoms with E-state index in [1.54, 1.807) is 24.3 Å². The van der Waals surface area contributed by atoms with Crippen molar-refractivity contribution in [1.82, 2.24) is 5.32 Å². The summed E-state index contributed by atoms with van der Waals surface area (Å²) in [4.78, 5) is 23.6. The summed E-state index contributed by atoms with van der Waals surface area (Å²) < 4.78 is 14.4. The van der Waals surface area contributed by atoms with Gasteiger partial charge in [0.1, 0.15) is 5.82 Å². The van der Waals surface area contributed by atoms with Gasteiger partial charge in [-0.15, -0.1) is 0 Å². The van der Waals surface area contributed by atoms with E-state index in [9.17, 15) is 14.0 Å². The fraction of sp³-hybridized carbons (Fsp3) is 0.0667. The van der Waals surface area contributed by atoms with Crippen molar-refractivity contribution in [2.24, 2.45) is 0 Å². The molecule has 0 bridgehead atoms. The Bertz CT molecular complexity index is 687. The Balaban J connectivity index is 1.93. The van der Waals surface area contributed by atoms with Gasteiger partial charge >= 0.3 is 0 Å². The van der Waals surface area contributed by atoms with Crippen LogP contribution in [-0.4, -0.2) is 18.4 Å². The van der Waals surface area contributed by atoms with Crippen LogP contribution in [0.3, 0.4) is 0 Å². The molecule has 0 aliphatic rings. The van der Waals surface area contributed by atoms with E-state index in [0.717, 1.165) is 10.5 Å². The number of hydrogen-bond acceptors (Lipinski definition) is 2. The highest BCUT2D eigenvalue weighted by molar-refractivity contribution is 9.10. The molecule has 2 N–H and O–H groups in total. The molecular formula is C15H11BrClFN2O2. The van der Waals surface area contributed by atoms with E-state index in [1.807, 2.05) is 0 Å². The molecule has 0 spiro atoms. The highest BCUT2D eigenvalue weighted by Crippen LogP contribution is 2.18. The Morgan fingerprint density at radius 3 is 2.45 bits per heavy atom. The molecule has 0 atom stereocenters. The Kier molecular flexibility index (Phi) is 5.51. The summed E-state index contributed by atoms with van der Waals surface area (Å²) in [5.74, 6) is -1.91. The van der Waals surface area contributed by atoms with Crippen LogP contribution in [0.15, 0.2) is 46.9 Å². The second-order valence-electron chi connectivity index (χ2n) is 4.33. The van der Waals surface area contributed by atoms with Crippen molar-refractivity contribution >= 4 is 45.0 Å². The molecule has 0 unspecified atom stereocenters. The maximum absolute atomic E-state index is 13.6. The molecule has 114 valence electrons. The lowest BCUT2D eigenvalue weighted by Gasteiger charge is -2.08. The number of halogens is 3. The lowest BCUT2D eigenvalue weighted by Crippen LogP contribution is -2.33. The van der Waals surface area contributed by atoms with Gasteiger partial charge in [-0.3, -0.25) is 9.59 Å². The Morgan fingerprint density at radius 1 is 1.14 bits per heavy atom. The van der Waals surface area contributed by atoms with Gasteiger partial charge in [0.2, 0.25) is 5.91 Å². The van der Waals surface area contributed by atoms with Crippen molar-refractivity contribution in [3.63, 3.8) is 0 Å². The van der Waals surface area contributed by atoms with Gasteiger partial charge in [-0.25, -0.2) is 4.39 Å². The molecule has 0 saturated heterocycles. The van der Waals surface area contributed by atoms with Crippen molar-refractivity contribution in [3.8, 4) is 0 Å². The van der Waals surface area contributed by atoms with Crippen LogP contribution in [0.25, 0.3) is 0 Å². The molecule has 22 heavy (non-hydrogen) atoms. The predicted octanol–water partition coefficient (Wildman–Crippen LogP) is 3.61. The number of amides is 2. The second-order valence-corrected chi connectivity index (χ2v) is 5.66. The molecule has 0 aliphatic carbocycles. The van der Waals surface area contributed by atoms with Crippen molar-refractivity contribution in [3.05, 3.63) is 63.3 Å². The summed E-state index contributed by atoms with van der Waals surface area (Å²) in [7, 11) is 0. The van der Waals surface area contributed by atoms with Gasteiger partial charge < -0.3 is 10.6 Å². The van der Waals surface area contributed by atoms with Gasteiger partial charge in [-0.1, -0.05) is 33.6 Å². The van der Waals surface area contributed by atoms with E-state index in [2.05, 4.69) is 26.6 Å². The van der Waals surface area contributed by atoms with E-state index in [0.29, 0.717) is 5.69 Å². The number of anilines is 1. The SMILES string of the molecule is O=C(CNC(=O)c1c(F)cccc1Cl)Nc1ccc(Br)cc1. The number of carbonyl (C=O) groups is 2. The molecule has 0 aromatic heterocycles. The maximum atomic E-state index is 13.6. The highest BCUT2D eigenvalue weighted by atomic mass is 79.9. The van der Waals surface area contributed by atoms with Crippen molar-refractivity contribution in [2.75, 3.05) is 11.9 Å². The van der Waals surface area contributed by atoms with E-state index in [4.69, 9.17) is 11.6 Å². The topological polar surface area (TPSA) is 58.2 Å². The third-order valence-corrected chi connectivity index (χ3v) is 3.57. The monoisotopic (exact) mass is 384 g/mol. The molecule has 4 nitrogen and oxygen atoms in total. The van der Waals surface area contributed by atoms with Crippen LogP contribution in [0.2, 0.25) is 5.02 Å². The molecule has 0 fully saturated rings. The molecule has 0 heterocycles. The number of carbonyl (C=O) groups excluding carboxylic acids is 2. The number of benzene rings is 2. The first-order valence-electron chi connectivity index (χ1n) is 6.25. The number of hydrogen-bond donors (Lipinski definition) is 2. The molecule has 2 amide bonds. The minimum Gasteiger partial charge on any atom is -0.343 e. The quantitative estimate of drug-likeness (QED) is 0.845. The minimum atomic E-state index is -0.742. The molecule has 0 saturated carbocycles. The van der Waals surface area contributed by atoms with E-state index < -0.39 is 17.6 Å². The van der Waals surface area contributed by atoms with Crippen LogP contribution >= 0.6 is 27.5 Å². The van der Waals surface area contributed by atoms with Crippen LogP contribution < -0.4 is 10.6 Å². The van der Waals surface area contributed by atoms with Gasteiger partial charge in [0.25, 0.3) is 5.91 Å². The Morgan fingerprint density at radius 2 is 1.82 bits per heavy atom. The normalized spacial score (nSPS) is 10.1. The standard InChI is InChI=1S/C15H11BrClFN2O2/c16-9-4-6-10(7-5-9)20-13(21)8-19-15(22)14-11(17)2-1-3-12(14)18/h1-7H,8H2,(H,19,22)(H,20,21). The molecule has 2 rings (SSSR count). The van der Waals surface area contributed by atoms with Gasteiger partial charge in [0, 0.05) is 10.2 Å². The Labute approximate surface area is 139 Å². The predicted molar refractivity (Wildman–Crippen MR) is 86.5 cm³/mol. The summed E-state index contributed by atoms with van der Waals surface area (Å²) in [5.41, 5.74) is 0.312. The summed E-state index contributed by atoms with van der Waals surface area (Å²) in [6.45, 7) is -0.292. The molecule has 2 aromatic rings. The highest BCUT2D eigenvalue weighted by Gasteiger charge is 2.16. The summed E-state index contributed by atoms with van der Waals surface area (Å²) in [6, 6.07) is 10.9. The number of rotatable bonds is 4. The summed E-state index contributed by atoms with van der Waals surface area (Å²) >= 11 is 9.06. The van der Waals surface area contributed by atoms with Crippen molar-refractivity contribution in [2.45, 2.75) is 0 Å². The first-order valence-corrected chi connectivity index (χ1v) is 7.42. The van der Waals surface area contributed by atoms with Crippen molar-refractivity contribution < 1.29 is 14.0 Å². The van der Waals surface area contributed by atoms with E-state index in [-0.39, 0.29) is 17.1 Å².